The maximum absolute atomic E-state index is 6.45. The zero-order valence-corrected chi connectivity index (χ0v) is 22.9. The van der Waals surface area contributed by atoms with E-state index in [1.807, 2.05) is 6.07 Å². The molecule has 0 saturated heterocycles. The van der Waals surface area contributed by atoms with Gasteiger partial charge in [0, 0.05) is 28.0 Å². The molecule has 0 spiro atoms. The summed E-state index contributed by atoms with van der Waals surface area (Å²) in [7, 11) is 0. The minimum absolute atomic E-state index is 0.966. The molecule has 6 aromatic rings. The van der Waals surface area contributed by atoms with E-state index in [4.69, 9.17) is 8.83 Å². The predicted octanol–water partition coefficient (Wildman–Crippen LogP) is 11.9. The first-order chi connectivity index (χ1) is 18.8. The summed E-state index contributed by atoms with van der Waals surface area (Å²) in [5.74, 6) is 1.12. The predicted molar refractivity (Wildman–Crippen MR) is 163 cm³/mol. The number of unbranched alkanes of at least 4 members (excludes halogenated alkanes) is 11. The van der Waals surface area contributed by atoms with E-state index in [2.05, 4.69) is 61.5 Å². The summed E-state index contributed by atoms with van der Waals surface area (Å²) in [5, 5.41) is 9.75. The van der Waals surface area contributed by atoms with Gasteiger partial charge in [0.1, 0.15) is 16.9 Å². The lowest BCUT2D eigenvalue weighted by molar-refractivity contribution is 0.515. The summed E-state index contributed by atoms with van der Waals surface area (Å²) in [5.41, 5.74) is 1.99. The fourth-order valence-corrected chi connectivity index (χ4v) is 6.28. The van der Waals surface area contributed by atoms with Crippen molar-refractivity contribution in [2.24, 2.45) is 0 Å². The van der Waals surface area contributed by atoms with Crippen LogP contribution in [0.5, 0.6) is 0 Å². The van der Waals surface area contributed by atoms with E-state index in [-0.39, 0.29) is 0 Å². The molecule has 0 fully saturated rings. The largest absolute Gasteiger partial charge is 0.464 e. The highest BCUT2D eigenvalue weighted by molar-refractivity contribution is 6.23. The Bertz CT molecular complexity index is 1670. The van der Waals surface area contributed by atoms with Crippen LogP contribution in [0.25, 0.3) is 54.3 Å². The molecular formula is C36H40O2. The Morgan fingerprint density at radius 2 is 0.974 bits per heavy atom. The van der Waals surface area contributed by atoms with Crippen molar-refractivity contribution in [3.05, 3.63) is 72.7 Å². The molecule has 2 aromatic heterocycles. The molecule has 0 unspecified atom stereocenters. The molecule has 2 nitrogen and oxygen atoms in total. The molecule has 0 atom stereocenters. The van der Waals surface area contributed by atoms with Crippen LogP contribution >= 0.6 is 0 Å². The fourth-order valence-electron chi connectivity index (χ4n) is 6.28. The molecule has 0 radical (unpaired) electrons. The van der Waals surface area contributed by atoms with Crippen LogP contribution in [0.4, 0.5) is 0 Å². The molecule has 0 bridgehead atoms. The van der Waals surface area contributed by atoms with Crippen molar-refractivity contribution in [2.75, 3.05) is 0 Å². The van der Waals surface area contributed by atoms with Crippen molar-refractivity contribution in [2.45, 2.75) is 90.4 Å². The molecule has 196 valence electrons. The summed E-state index contributed by atoms with van der Waals surface area (Å²) in [6, 6.07) is 22.1. The molecule has 38 heavy (non-hydrogen) atoms. The van der Waals surface area contributed by atoms with Crippen LogP contribution in [0.1, 0.15) is 89.7 Å². The third-order valence-corrected chi connectivity index (χ3v) is 8.42. The Hall–Kier alpha value is -3.26. The van der Waals surface area contributed by atoms with Crippen molar-refractivity contribution in [3.63, 3.8) is 0 Å². The van der Waals surface area contributed by atoms with Crippen molar-refractivity contribution in [3.8, 4) is 0 Å². The maximum atomic E-state index is 6.45. The number of aryl methyl sites for hydroxylation is 1. The quantitative estimate of drug-likeness (QED) is 0.115. The molecule has 0 aliphatic carbocycles. The van der Waals surface area contributed by atoms with Gasteiger partial charge in [0.15, 0.2) is 0 Å². The van der Waals surface area contributed by atoms with Crippen LogP contribution in [0.3, 0.4) is 0 Å². The minimum Gasteiger partial charge on any atom is -0.464 e. The van der Waals surface area contributed by atoms with Gasteiger partial charge in [0.05, 0.1) is 6.26 Å². The van der Waals surface area contributed by atoms with Gasteiger partial charge in [-0.1, -0.05) is 114 Å². The van der Waals surface area contributed by atoms with Gasteiger partial charge < -0.3 is 8.83 Å². The van der Waals surface area contributed by atoms with Crippen LogP contribution in [-0.2, 0) is 6.42 Å². The molecular weight excluding hydrogens is 464 g/mol. The van der Waals surface area contributed by atoms with E-state index in [9.17, 15) is 0 Å². The first-order valence-corrected chi connectivity index (χ1v) is 15.0. The third kappa shape index (κ3) is 5.06. The highest BCUT2D eigenvalue weighted by atomic mass is 16.3. The lowest BCUT2D eigenvalue weighted by atomic mass is 9.95. The average molecular weight is 505 g/mol. The minimum atomic E-state index is 0.966. The molecule has 0 amide bonds. The topological polar surface area (TPSA) is 26.3 Å². The standard InChI is InChI=1S/C36H40O2/c1-2-3-4-5-6-7-8-9-10-11-12-13-14-28-25-27-16-18-32-30-19-21-33-31(17-15-26-23-24-37-35(26)33)29(30)20-22-34(32)36(27)38-28/h15-25H,2-14H2,1H3. The number of hydrogen-bond donors (Lipinski definition) is 0. The second-order valence-corrected chi connectivity index (χ2v) is 11.2. The van der Waals surface area contributed by atoms with Crippen molar-refractivity contribution < 1.29 is 8.83 Å². The Labute approximate surface area is 226 Å². The van der Waals surface area contributed by atoms with Crippen LogP contribution in [-0.4, -0.2) is 0 Å². The normalized spacial score (nSPS) is 12.1. The zero-order valence-electron chi connectivity index (χ0n) is 22.9. The number of fused-ring (bicyclic) bond motifs is 9. The number of furan rings is 2. The monoisotopic (exact) mass is 504 g/mol. The van der Waals surface area contributed by atoms with Crippen LogP contribution in [0, 0.1) is 0 Å². The molecule has 0 aliphatic rings. The lowest BCUT2D eigenvalue weighted by Crippen LogP contribution is -1.85. The summed E-state index contributed by atoms with van der Waals surface area (Å²) < 4.78 is 12.2. The lowest BCUT2D eigenvalue weighted by Gasteiger charge is -2.08. The second-order valence-electron chi connectivity index (χ2n) is 11.2. The Morgan fingerprint density at radius 1 is 0.474 bits per heavy atom. The fraction of sp³-hybridized carbons (Fsp3) is 0.389. The maximum Gasteiger partial charge on any atom is 0.142 e. The zero-order chi connectivity index (χ0) is 25.7. The second kappa shape index (κ2) is 11.6. The van der Waals surface area contributed by atoms with Crippen molar-refractivity contribution >= 4 is 54.3 Å². The van der Waals surface area contributed by atoms with Gasteiger partial charge in [-0.3, -0.25) is 0 Å². The van der Waals surface area contributed by atoms with Gasteiger partial charge in [0.2, 0.25) is 0 Å². The van der Waals surface area contributed by atoms with Gasteiger partial charge in [0.25, 0.3) is 0 Å². The molecule has 2 heterocycles. The van der Waals surface area contributed by atoms with E-state index >= 15 is 0 Å². The van der Waals surface area contributed by atoms with Gasteiger partial charge in [-0.05, 0) is 52.2 Å². The van der Waals surface area contributed by atoms with Crippen molar-refractivity contribution in [1.29, 1.82) is 0 Å². The summed E-state index contributed by atoms with van der Waals surface area (Å²) in [6.45, 7) is 2.29. The number of benzene rings is 4. The van der Waals surface area contributed by atoms with Crippen LogP contribution in [0.15, 0.2) is 75.8 Å². The van der Waals surface area contributed by atoms with E-state index in [1.165, 1.54) is 115 Å². The van der Waals surface area contributed by atoms with Crippen LogP contribution < -0.4 is 0 Å². The van der Waals surface area contributed by atoms with Gasteiger partial charge in [-0.25, -0.2) is 0 Å². The molecule has 0 N–H and O–H groups in total. The average Bonchev–Trinajstić information content (AvgIpc) is 3.60. The van der Waals surface area contributed by atoms with Crippen LogP contribution in [0.2, 0.25) is 0 Å². The van der Waals surface area contributed by atoms with Crippen molar-refractivity contribution in [1.82, 2.24) is 0 Å². The highest BCUT2D eigenvalue weighted by Gasteiger charge is 2.13. The Morgan fingerprint density at radius 3 is 1.63 bits per heavy atom. The van der Waals surface area contributed by atoms with E-state index in [1.54, 1.807) is 6.26 Å². The Kier molecular flexibility index (Phi) is 7.67. The first-order valence-electron chi connectivity index (χ1n) is 15.0. The molecule has 4 aromatic carbocycles. The summed E-state index contributed by atoms with van der Waals surface area (Å²) in [4.78, 5) is 0. The summed E-state index contributed by atoms with van der Waals surface area (Å²) in [6.07, 6.45) is 19.3. The SMILES string of the molecule is CCCCCCCCCCCCCCc1cc2ccc3c4ccc5c(ccc6ccoc65)c4ccc3c2o1. The highest BCUT2D eigenvalue weighted by Crippen LogP contribution is 2.37. The van der Waals surface area contributed by atoms with Gasteiger partial charge in [-0.2, -0.15) is 0 Å². The smallest absolute Gasteiger partial charge is 0.142 e. The van der Waals surface area contributed by atoms with E-state index in [0.717, 1.165) is 28.7 Å². The third-order valence-electron chi connectivity index (χ3n) is 8.42. The molecule has 6 rings (SSSR count). The Balaban J connectivity index is 1.10. The molecule has 0 aliphatic heterocycles. The first kappa shape index (κ1) is 25.0. The molecule has 0 saturated carbocycles. The van der Waals surface area contributed by atoms with Gasteiger partial charge >= 0.3 is 0 Å². The van der Waals surface area contributed by atoms with E-state index in [0.29, 0.717) is 0 Å². The summed E-state index contributed by atoms with van der Waals surface area (Å²) >= 11 is 0. The number of rotatable bonds is 13. The van der Waals surface area contributed by atoms with Gasteiger partial charge in [-0.15, -0.1) is 0 Å². The number of hydrogen-bond acceptors (Lipinski definition) is 2. The molecule has 2 heteroatoms. The van der Waals surface area contributed by atoms with E-state index < -0.39 is 0 Å².